The molecular formula is C10H22N2O. The second kappa shape index (κ2) is 6.89. The van der Waals surface area contributed by atoms with E-state index in [4.69, 9.17) is 0 Å². The van der Waals surface area contributed by atoms with Crippen molar-refractivity contribution in [1.82, 2.24) is 10.6 Å². The van der Waals surface area contributed by atoms with Gasteiger partial charge in [-0.2, -0.15) is 0 Å². The number of hydrogen-bond donors (Lipinski definition) is 2. The van der Waals surface area contributed by atoms with Gasteiger partial charge in [-0.3, -0.25) is 4.79 Å². The Balaban J connectivity index is 3.67. The van der Waals surface area contributed by atoms with Crippen molar-refractivity contribution in [3.8, 4) is 0 Å². The first-order valence-electron chi connectivity index (χ1n) is 5.10. The van der Waals surface area contributed by atoms with Crippen LogP contribution in [0.15, 0.2) is 0 Å². The first-order chi connectivity index (χ1) is 6.15. The molecular weight excluding hydrogens is 164 g/mol. The maximum atomic E-state index is 11.1. The third-order valence-electron chi connectivity index (χ3n) is 2.51. The summed E-state index contributed by atoms with van der Waals surface area (Å²) >= 11 is 0. The van der Waals surface area contributed by atoms with Gasteiger partial charge in [-0.05, 0) is 19.4 Å². The van der Waals surface area contributed by atoms with Gasteiger partial charge >= 0.3 is 0 Å². The van der Waals surface area contributed by atoms with Crippen molar-refractivity contribution in [2.24, 2.45) is 5.92 Å². The normalized spacial score (nSPS) is 13.0. The lowest BCUT2D eigenvalue weighted by atomic mass is 10.0. The minimum absolute atomic E-state index is 0.0611. The number of amides is 1. The number of carbonyl (C=O) groups is 1. The fourth-order valence-corrected chi connectivity index (χ4v) is 1.23. The van der Waals surface area contributed by atoms with Gasteiger partial charge in [0, 0.05) is 7.05 Å². The smallest absolute Gasteiger partial charge is 0.236 e. The Bertz CT molecular complexity index is 144. The van der Waals surface area contributed by atoms with Crippen LogP contribution < -0.4 is 10.6 Å². The number of carbonyl (C=O) groups excluding carboxylic acids is 1. The van der Waals surface area contributed by atoms with E-state index in [2.05, 4.69) is 24.5 Å². The predicted molar refractivity (Wildman–Crippen MR) is 55.6 cm³/mol. The van der Waals surface area contributed by atoms with E-state index in [0.29, 0.717) is 5.92 Å². The van der Waals surface area contributed by atoms with Crippen LogP contribution in [0, 0.1) is 5.92 Å². The minimum atomic E-state index is -0.0781. The molecule has 0 rings (SSSR count). The monoisotopic (exact) mass is 186 g/mol. The Hall–Kier alpha value is -0.570. The van der Waals surface area contributed by atoms with Gasteiger partial charge in [-0.15, -0.1) is 0 Å². The lowest BCUT2D eigenvalue weighted by Gasteiger charge is -2.17. The number of nitrogens with one attached hydrogen (secondary N) is 2. The van der Waals surface area contributed by atoms with E-state index in [9.17, 15) is 4.79 Å². The average molecular weight is 186 g/mol. The van der Waals surface area contributed by atoms with Crippen LogP contribution in [-0.4, -0.2) is 25.5 Å². The Morgan fingerprint density at radius 1 is 1.31 bits per heavy atom. The highest BCUT2D eigenvalue weighted by Crippen LogP contribution is 2.05. The second-order valence-corrected chi connectivity index (χ2v) is 3.43. The molecule has 0 saturated heterocycles. The molecule has 2 N–H and O–H groups in total. The van der Waals surface area contributed by atoms with Crippen LogP contribution in [0.25, 0.3) is 0 Å². The fourth-order valence-electron chi connectivity index (χ4n) is 1.23. The van der Waals surface area contributed by atoms with Gasteiger partial charge in [0.2, 0.25) is 5.91 Å². The van der Waals surface area contributed by atoms with E-state index in [-0.39, 0.29) is 11.9 Å². The van der Waals surface area contributed by atoms with Crippen LogP contribution in [0.2, 0.25) is 0 Å². The van der Waals surface area contributed by atoms with Gasteiger partial charge in [0.25, 0.3) is 0 Å². The highest BCUT2D eigenvalue weighted by molar-refractivity contribution is 5.80. The molecule has 0 aromatic rings. The van der Waals surface area contributed by atoms with Crippen LogP contribution in [0.1, 0.15) is 33.6 Å². The number of rotatable bonds is 6. The molecule has 0 aromatic carbocycles. The molecule has 1 atom stereocenters. The molecule has 0 saturated carbocycles. The van der Waals surface area contributed by atoms with Crippen LogP contribution >= 0.6 is 0 Å². The molecule has 0 aliphatic carbocycles. The summed E-state index contributed by atoms with van der Waals surface area (Å²) in [4.78, 5) is 11.1. The molecule has 0 heterocycles. The Kier molecular flexibility index (Phi) is 6.59. The average Bonchev–Trinajstić information content (AvgIpc) is 2.17. The number of hydrogen-bond acceptors (Lipinski definition) is 2. The molecule has 13 heavy (non-hydrogen) atoms. The van der Waals surface area contributed by atoms with Crippen LogP contribution in [0.5, 0.6) is 0 Å². The molecule has 3 nitrogen and oxygen atoms in total. The Morgan fingerprint density at radius 2 is 1.85 bits per heavy atom. The van der Waals surface area contributed by atoms with E-state index < -0.39 is 0 Å². The molecule has 0 unspecified atom stereocenters. The van der Waals surface area contributed by atoms with Crippen LogP contribution in [0.3, 0.4) is 0 Å². The van der Waals surface area contributed by atoms with Crippen molar-refractivity contribution in [2.75, 3.05) is 13.6 Å². The quantitative estimate of drug-likeness (QED) is 0.653. The summed E-state index contributed by atoms with van der Waals surface area (Å²) in [6, 6.07) is -0.0781. The van der Waals surface area contributed by atoms with Crippen LogP contribution in [0.4, 0.5) is 0 Å². The lowest BCUT2D eigenvalue weighted by Crippen LogP contribution is -2.42. The van der Waals surface area contributed by atoms with Crippen molar-refractivity contribution in [3.05, 3.63) is 0 Å². The largest absolute Gasteiger partial charge is 0.358 e. The summed E-state index contributed by atoms with van der Waals surface area (Å²) in [6.45, 7) is 7.18. The molecule has 0 spiro atoms. The maximum absolute atomic E-state index is 11.1. The maximum Gasteiger partial charge on any atom is 0.236 e. The summed E-state index contributed by atoms with van der Waals surface area (Å²) in [5.41, 5.74) is 0. The molecule has 0 bridgehead atoms. The predicted octanol–water partition coefficient (Wildman–Crippen LogP) is 1.15. The van der Waals surface area contributed by atoms with E-state index >= 15 is 0 Å². The summed E-state index contributed by atoms with van der Waals surface area (Å²) < 4.78 is 0. The van der Waals surface area contributed by atoms with Gasteiger partial charge < -0.3 is 10.6 Å². The first-order valence-corrected chi connectivity index (χ1v) is 5.10. The van der Waals surface area contributed by atoms with Crippen molar-refractivity contribution >= 4 is 5.91 Å². The molecule has 78 valence electrons. The van der Waals surface area contributed by atoms with E-state index in [1.165, 1.54) is 12.8 Å². The van der Waals surface area contributed by atoms with Gasteiger partial charge in [0.1, 0.15) is 0 Å². The van der Waals surface area contributed by atoms with Gasteiger partial charge in [0.05, 0.1) is 6.04 Å². The third-order valence-corrected chi connectivity index (χ3v) is 2.51. The van der Waals surface area contributed by atoms with Gasteiger partial charge in [0.15, 0.2) is 0 Å². The standard InChI is InChI=1S/C10H22N2O/c1-5-9(6-2)7-12-8(3)10(13)11-4/h8-9,12H,5-7H2,1-4H3,(H,11,13)/t8-/m1/s1. The Labute approximate surface area is 81.3 Å². The zero-order valence-electron chi connectivity index (χ0n) is 9.18. The molecule has 1 amide bonds. The summed E-state index contributed by atoms with van der Waals surface area (Å²) in [5.74, 6) is 0.748. The summed E-state index contributed by atoms with van der Waals surface area (Å²) in [5, 5.41) is 5.85. The van der Waals surface area contributed by atoms with Crippen molar-refractivity contribution in [1.29, 1.82) is 0 Å². The topological polar surface area (TPSA) is 41.1 Å². The van der Waals surface area contributed by atoms with Gasteiger partial charge in [-0.25, -0.2) is 0 Å². The molecule has 0 aliphatic rings. The summed E-state index contributed by atoms with van der Waals surface area (Å²) in [6.07, 6.45) is 2.34. The zero-order valence-corrected chi connectivity index (χ0v) is 9.18. The summed E-state index contributed by atoms with van der Waals surface area (Å²) in [7, 11) is 1.66. The highest BCUT2D eigenvalue weighted by atomic mass is 16.2. The molecule has 0 aromatic heterocycles. The lowest BCUT2D eigenvalue weighted by molar-refractivity contribution is -0.122. The van der Waals surface area contributed by atoms with E-state index in [1.54, 1.807) is 7.05 Å². The van der Waals surface area contributed by atoms with Gasteiger partial charge in [-0.1, -0.05) is 26.7 Å². The van der Waals surface area contributed by atoms with E-state index in [1.807, 2.05) is 6.92 Å². The minimum Gasteiger partial charge on any atom is -0.358 e. The molecule has 3 heteroatoms. The zero-order chi connectivity index (χ0) is 10.3. The van der Waals surface area contributed by atoms with Crippen LogP contribution in [-0.2, 0) is 4.79 Å². The second-order valence-electron chi connectivity index (χ2n) is 3.43. The molecule has 0 fully saturated rings. The SMILES string of the molecule is CCC(CC)CN[C@H](C)C(=O)NC. The third kappa shape index (κ3) is 4.88. The van der Waals surface area contributed by atoms with Crippen molar-refractivity contribution in [2.45, 2.75) is 39.7 Å². The Morgan fingerprint density at radius 3 is 2.23 bits per heavy atom. The number of likely N-dealkylation sites (N-methyl/N-ethyl adjacent to an activating group) is 1. The molecule has 0 radical (unpaired) electrons. The van der Waals surface area contributed by atoms with E-state index in [0.717, 1.165) is 6.54 Å². The first kappa shape index (κ1) is 12.4. The van der Waals surface area contributed by atoms with Crippen molar-refractivity contribution < 1.29 is 4.79 Å². The fraction of sp³-hybridized carbons (Fsp3) is 0.900. The van der Waals surface area contributed by atoms with Crippen molar-refractivity contribution in [3.63, 3.8) is 0 Å². The molecule has 0 aliphatic heterocycles. The highest BCUT2D eigenvalue weighted by Gasteiger charge is 2.11.